The summed E-state index contributed by atoms with van der Waals surface area (Å²) >= 11 is 0. The van der Waals surface area contributed by atoms with E-state index in [2.05, 4.69) is 14.9 Å². The van der Waals surface area contributed by atoms with Gasteiger partial charge in [-0.2, -0.15) is 9.97 Å². The van der Waals surface area contributed by atoms with Gasteiger partial charge in [0.2, 0.25) is 11.8 Å². The first kappa shape index (κ1) is 12.9. The minimum atomic E-state index is 0.239. The van der Waals surface area contributed by atoms with Gasteiger partial charge in [-0.3, -0.25) is 0 Å². The maximum Gasteiger partial charge on any atom is 0.225 e. The van der Waals surface area contributed by atoms with Crippen LogP contribution in [0, 0.1) is 5.92 Å². The smallest absolute Gasteiger partial charge is 0.225 e. The molecule has 0 bridgehead atoms. The van der Waals surface area contributed by atoms with Gasteiger partial charge in [-0.1, -0.05) is 0 Å². The SMILES string of the molecule is COc1cc(N(C)CC2CCOCC2)nc(N)n1. The van der Waals surface area contributed by atoms with Crippen LogP contribution in [0.4, 0.5) is 11.8 Å². The highest BCUT2D eigenvalue weighted by Gasteiger charge is 2.17. The maximum atomic E-state index is 5.66. The summed E-state index contributed by atoms with van der Waals surface area (Å²) in [6.45, 7) is 2.66. The van der Waals surface area contributed by atoms with Crippen LogP contribution in [0.2, 0.25) is 0 Å². The van der Waals surface area contributed by atoms with E-state index in [0.29, 0.717) is 11.8 Å². The molecule has 1 aromatic heterocycles. The Morgan fingerprint density at radius 3 is 2.83 bits per heavy atom. The Morgan fingerprint density at radius 1 is 1.44 bits per heavy atom. The van der Waals surface area contributed by atoms with Gasteiger partial charge in [-0.25, -0.2) is 0 Å². The van der Waals surface area contributed by atoms with E-state index in [-0.39, 0.29) is 5.95 Å². The Labute approximate surface area is 107 Å². The van der Waals surface area contributed by atoms with Crippen molar-refractivity contribution in [1.82, 2.24) is 9.97 Å². The van der Waals surface area contributed by atoms with Gasteiger partial charge in [-0.15, -0.1) is 0 Å². The molecule has 2 rings (SSSR count). The lowest BCUT2D eigenvalue weighted by Gasteiger charge is -2.27. The van der Waals surface area contributed by atoms with Crippen molar-refractivity contribution in [2.24, 2.45) is 5.92 Å². The van der Waals surface area contributed by atoms with Gasteiger partial charge in [-0.05, 0) is 18.8 Å². The van der Waals surface area contributed by atoms with Crippen LogP contribution < -0.4 is 15.4 Å². The number of hydrogen-bond donors (Lipinski definition) is 1. The Balaban J connectivity index is 2.02. The van der Waals surface area contributed by atoms with Crippen LogP contribution in [0.1, 0.15) is 12.8 Å². The summed E-state index contributed by atoms with van der Waals surface area (Å²) in [4.78, 5) is 10.3. The number of aromatic nitrogens is 2. The predicted molar refractivity (Wildman–Crippen MR) is 69.8 cm³/mol. The standard InChI is InChI=1S/C12H20N4O2/c1-16(8-9-3-5-18-6-4-9)10-7-11(17-2)15-12(13)14-10/h7,9H,3-6,8H2,1-2H3,(H2,13,14,15). The van der Waals surface area contributed by atoms with Gasteiger partial charge >= 0.3 is 0 Å². The summed E-state index contributed by atoms with van der Waals surface area (Å²) in [6.07, 6.45) is 2.20. The monoisotopic (exact) mass is 252 g/mol. The molecule has 0 saturated carbocycles. The zero-order valence-corrected chi connectivity index (χ0v) is 10.9. The number of nitrogens with zero attached hydrogens (tertiary/aromatic N) is 3. The molecule has 0 radical (unpaired) electrons. The molecule has 0 atom stereocenters. The summed E-state index contributed by atoms with van der Waals surface area (Å²) in [5.41, 5.74) is 5.66. The molecule has 6 heteroatoms. The normalized spacial score (nSPS) is 16.6. The fraction of sp³-hybridized carbons (Fsp3) is 0.667. The van der Waals surface area contributed by atoms with Crippen molar-refractivity contribution in [2.45, 2.75) is 12.8 Å². The molecule has 18 heavy (non-hydrogen) atoms. The summed E-state index contributed by atoms with van der Waals surface area (Å²) in [6, 6.07) is 1.80. The second-order valence-corrected chi connectivity index (χ2v) is 4.56. The predicted octanol–water partition coefficient (Wildman–Crippen LogP) is 0.930. The van der Waals surface area contributed by atoms with Crippen LogP contribution in [-0.2, 0) is 4.74 Å². The first-order valence-electron chi connectivity index (χ1n) is 6.16. The van der Waals surface area contributed by atoms with Crippen molar-refractivity contribution in [2.75, 3.05) is 44.5 Å². The summed E-state index contributed by atoms with van der Waals surface area (Å²) < 4.78 is 10.5. The molecule has 0 unspecified atom stereocenters. The van der Waals surface area contributed by atoms with Crippen LogP contribution in [0.3, 0.4) is 0 Å². The Hall–Kier alpha value is -1.56. The van der Waals surface area contributed by atoms with Gasteiger partial charge in [0.05, 0.1) is 7.11 Å². The Bertz CT molecular complexity index is 394. The largest absolute Gasteiger partial charge is 0.481 e. The topological polar surface area (TPSA) is 73.5 Å². The number of nitrogen functional groups attached to an aromatic ring is 1. The van der Waals surface area contributed by atoms with Gasteiger partial charge < -0.3 is 20.1 Å². The van der Waals surface area contributed by atoms with Crippen LogP contribution in [0.5, 0.6) is 5.88 Å². The molecular formula is C12H20N4O2. The molecular weight excluding hydrogens is 232 g/mol. The van der Waals surface area contributed by atoms with E-state index in [9.17, 15) is 0 Å². The van der Waals surface area contributed by atoms with E-state index < -0.39 is 0 Å². The van der Waals surface area contributed by atoms with Gasteiger partial charge in [0, 0.05) is 32.9 Å². The van der Waals surface area contributed by atoms with E-state index in [1.165, 1.54) is 0 Å². The minimum Gasteiger partial charge on any atom is -0.481 e. The lowest BCUT2D eigenvalue weighted by Crippen LogP contribution is -2.30. The molecule has 1 aliphatic rings. The fourth-order valence-corrected chi connectivity index (χ4v) is 2.14. The average molecular weight is 252 g/mol. The van der Waals surface area contributed by atoms with E-state index >= 15 is 0 Å². The quantitative estimate of drug-likeness (QED) is 0.859. The zero-order chi connectivity index (χ0) is 13.0. The molecule has 1 aliphatic heterocycles. The highest BCUT2D eigenvalue weighted by atomic mass is 16.5. The van der Waals surface area contributed by atoms with E-state index in [1.807, 2.05) is 7.05 Å². The number of methoxy groups -OCH3 is 1. The molecule has 1 fully saturated rings. The number of anilines is 2. The number of hydrogen-bond acceptors (Lipinski definition) is 6. The third-order valence-corrected chi connectivity index (χ3v) is 3.18. The molecule has 0 spiro atoms. The second-order valence-electron chi connectivity index (χ2n) is 4.56. The van der Waals surface area contributed by atoms with E-state index in [4.69, 9.17) is 15.2 Å². The Kier molecular flexibility index (Phi) is 4.19. The summed E-state index contributed by atoms with van der Waals surface area (Å²) in [7, 11) is 3.58. The fourth-order valence-electron chi connectivity index (χ4n) is 2.14. The lowest BCUT2D eigenvalue weighted by atomic mass is 10.00. The van der Waals surface area contributed by atoms with Crippen molar-refractivity contribution in [3.05, 3.63) is 6.07 Å². The number of nitrogens with two attached hydrogens (primary N) is 1. The number of ether oxygens (including phenoxy) is 2. The maximum absolute atomic E-state index is 5.66. The molecule has 100 valence electrons. The molecule has 2 heterocycles. The minimum absolute atomic E-state index is 0.239. The van der Waals surface area contributed by atoms with E-state index in [1.54, 1.807) is 13.2 Å². The van der Waals surface area contributed by atoms with Crippen LogP contribution >= 0.6 is 0 Å². The van der Waals surface area contributed by atoms with Crippen molar-refractivity contribution in [1.29, 1.82) is 0 Å². The van der Waals surface area contributed by atoms with Crippen LogP contribution in [0.15, 0.2) is 6.07 Å². The lowest BCUT2D eigenvalue weighted by molar-refractivity contribution is 0.0685. The van der Waals surface area contributed by atoms with Crippen LogP contribution in [-0.4, -0.2) is 43.9 Å². The van der Waals surface area contributed by atoms with Gasteiger partial charge in [0.1, 0.15) is 5.82 Å². The van der Waals surface area contributed by atoms with Crippen molar-refractivity contribution >= 4 is 11.8 Å². The molecule has 1 saturated heterocycles. The van der Waals surface area contributed by atoms with Crippen LogP contribution in [0.25, 0.3) is 0 Å². The highest BCUT2D eigenvalue weighted by molar-refractivity contribution is 5.44. The molecule has 1 aromatic rings. The van der Waals surface area contributed by atoms with E-state index in [0.717, 1.165) is 38.4 Å². The Morgan fingerprint density at radius 2 is 2.17 bits per heavy atom. The third kappa shape index (κ3) is 3.22. The van der Waals surface area contributed by atoms with Crippen molar-refractivity contribution in [3.8, 4) is 5.88 Å². The third-order valence-electron chi connectivity index (χ3n) is 3.18. The first-order valence-corrected chi connectivity index (χ1v) is 6.16. The second kappa shape index (κ2) is 5.86. The zero-order valence-electron chi connectivity index (χ0n) is 10.9. The highest BCUT2D eigenvalue weighted by Crippen LogP contribution is 2.21. The molecule has 2 N–H and O–H groups in total. The van der Waals surface area contributed by atoms with Gasteiger partial charge in [0.25, 0.3) is 0 Å². The summed E-state index contributed by atoms with van der Waals surface area (Å²) in [5, 5.41) is 0. The molecule has 0 aromatic carbocycles. The summed E-state index contributed by atoms with van der Waals surface area (Å²) in [5.74, 6) is 2.18. The number of rotatable bonds is 4. The average Bonchev–Trinajstić information content (AvgIpc) is 2.39. The molecule has 0 aliphatic carbocycles. The molecule has 0 amide bonds. The molecule has 6 nitrogen and oxygen atoms in total. The first-order chi connectivity index (χ1) is 8.69. The van der Waals surface area contributed by atoms with Gasteiger partial charge in [0.15, 0.2) is 0 Å². The van der Waals surface area contributed by atoms with Crippen molar-refractivity contribution < 1.29 is 9.47 Å². The van der Waals surface area contributed by atoms with Crippen molar-refractivity contribution in [3.63, 3.8) is 0 Å².